The van der Waals surface area contributed by atoms with Gasteiger partial charge in [0.2, 0.25) is 0 Å². The molecule has 2 heterocycles. The lowest BCUT2D eigenvalue weighted by molar-refractivity contribution is 0.0370. The maximum Gasteiger partial charge on any atom is 0.269 e. The number of amides is 1. The molecule has 5 heteroatoms. The lowest BCUT2D eigenvalue weighted by Gasteiger charge is -2.38. The molecule has 1 aromatic heterocycles. The van der Waals surface area contributed by atoms with Gasteiger partial charge in [0, 0.05) is 30.5 Å². The van der Waals surface area contributed by atoms with Crippen molar-refractivity contribution < 1.29 is 4.79 Å². The number of nitrogens with one attached hydrogen (secondary N) is 2. The lowest BCUT2D eigenvalue weighted by Crippen LogP contribution is -2.54. The minimum absolute atomic E-state index is 0.0842. The molecule has 1 saturated heterocycles. The number of aromatic nitrogens is 1. The van der Waals surface area contributed by atoms with Gasteiger partial charge in [0.15, 0.2) is 0 Å². The molecule has 1 aliphatic rings. The predicted molar refractivity (Wildman–Crippen MR) is 85.2 cm³/mol. The van der Waals surface area contributed by atoms with E-state index in [0.717, 1.165) is 30.8 Å². The van der Waals surface area contributed by atoms with Crippen LogP contribution in [0.15, 0.2) is 12.3 Å². The van der Waals surface area contributed by atoms with E-state index >= 15 is 0 Å². The highest BCUT2D eigenvalue weighted by atomic mass is 16.2. The minimum atomic E-state index is -0.0842. The summed E-state index contributed by atoms with van der Waals surface area (Å²) in [4.78, 5) is 16.8. The molecule has 0 aliphatic carbocycles. The Morgan fingerprint density at radius 3 is 2.67 bits per heavy atom. The number of carbonyl (C=O) groups is 1. The van der Waals surface area contributed by atoms with Gasteiger partial charge >= 0.3 is 0 Å². The quantitative estimate of drug-likeness (QED) is 0.895. The van der Waals surface area contributed by atoms with Crippen molar-refractivity contribution in [2.75, 3.05) is 11.9 Å². The van der Waals surface area contributed by atoms with Crippen LogP contribution in [0.1, 0.15) is 56.1 Å². The van der Waals surface area contributed by atoms with Crippen LogP contribution in [-0.4, -0.2) is 34.5 Å². The summed E-state index contributed by atoms with van der Waals surface area (Å²) in [6.45, 7) is 9.05. The minimum Gasteiger partial charge on any atom is -0.385 e. The SMILES string of the molecule is CCNc1cc(C)ncc1C(=O)NN1C(C)CCCC1C. The molecular weight excluding hydrogens is 264 g/mol. The van der Waals surface area contributed by atoms with Gasteiger partial charge < -0.3 is 5.32 Å². The Labute approximate surface area is 127 Å². The molecule has 0 bridgehead atoms. The summed E-state index contributed by atoms with van der Waals surface area (Å²) >= 11 is 0. The van der Waals surface area contributed by atoms with Gasteiger partial charge in [-0.05, 0) is 46.6 Å². The van der Waals surface area contributed by atoms with Crippen LogP contribution in [0.3, 0.4) is 0 Å². The molecule has 1 amide bonds. The first kappa shape index (κ1) is 15.8. The first-order valence-corrected chi connectivity index (χ1v) is 7.82. The number of hydrogen-bond donors (Lipinski definition) is 2. The highest BCUT2D eigenvalue weighted by molar-refractivity contribution is 5.99. The molecule has 2 atom stereocenters. The third kappa shape index (κ3) is 3.73. The van der Waals surface area contributed by atoms with Crippen LogP contribution < -0.4 is 10.7 Å². The second kappa shape index (κ2) is 6.89. The van der Waals surface area contributed by atoms with Gasteiger partial charge in [-0.15, -0.1) is 0 Å². The third-order valence-electron chi connectivity index (χ3n) is 4.08. The summed E-state index contributed by atoms with van der Waals surface area (Å²) in [5, 5.41) is 5.32. The fraction of sp³-hybridized carbons (Fsp3) is 0.625. The lowest BCUT2D eigenvalue weighted by atomic mass is 10.00. The molecule has 0 aromatic carbocycles. The summed E-state index contributed by atoms with van der Waals surface area (Å²) in [6, 6.07) is 2.67. The molecule has 5 nitrogen and oxygen atoms in total. The summed E-state index contributed by atoms with van der Waals surface area (Å²) in [5.41, 5.74) is 5.42. The highest BCUT2D eigenvalue weighted by Crippen LogP contribution is 2.21. The summed E-state index contributed by atoms with van der Waals surface area (Å²) in [6.07, 6.45) is 5.12. The van der Waals surface area contributed by atoms with Gasteiger partial charge in [-0.25, -0.2) is 5.01 Å². The fourth-order valence-electron chi connectivity index (χ4n) is 2.90. The fourth-order valence-corrected chi connectivity index (χ4v) is 2.90. The van der Waals surface area contributed by atoms with Crippen molar-refractivity contribution in [3.63, 3.8) is 0 Å². The standard InChI is InChI=1S/C16H26N4O/c1-5-17-15-9-11(2)18-10-14(15)16(21)19-20-12(3)7-6-8-13(20)4/h9-10,12-13H,5-8H2,1-4H3,(H,17,18)(H,19,21). The Morgan fingerprint density at radius 1 is 1.38 bits per heavy atom. The first-order chi connectivity index (χ1) is 10.0. The van der Waals surface area contributed by atoms with E-state index in [4.69, 9.17) is 0 Å². The topological polar surface area (TPSA) is 57.3 Å². The summed E-state index contributed by atoms with van der Waals surface area (Å²) in [5.74, 6) is -0.0842. The molecule has 2 N–H and O–H groups in total. The third-order valence-corrected chi connectivity index (χ3v) is 4.08. The Hall–Kier alpha value is -1.62. The van der Waals surface area contributed by atoms with Crippen molar-refractivity contribution >= 4 is 11.6 Å². The zero-order chi connectivity index (χ0) is 15.4. The molecule has 0 saturated carbocycles. The van der Waals surface area contributed by atoms with Crippen LogP contribution in [0, 0.1) is 6.92 Å². The summed E-state index contributed by atoms with van der Waals surface area (Å²) in [7, 11) is 0. The van der Waals surface area contributed by atoms with Gasteiger partial charge in [-0.3, -0.25) is 15.2 Å². The molecule has 2 rings (SSSR count). The molecule has 21 heavy (non-hydrogen) atoms. The molecule has 116 valence electrons. The van der Waals surface area contributed by atoms with Crippen LogP contribution in [0.2, 0.25) is 0 Å². The molecule has 1 aliphatic heterocycles. The zero-order valence-electron chi connectivity index (χ0n) is 13.4. The Kier molecular flexibility index (Phi) is 5.17. The number of pyridine rings is 1. The van der Waals surface area contributed by atoms with Crippen LogP contribution >= 0.6 is 0 Å². The van der Waals surface area contributed by atoms with Gasteiger partial charge in [0.1, 0.15) is 0 Å². The molecule has 1 aromatic rings. The van der Waals surface area contributed by atoms with Crippen molar-refractivity contribution in [2.45, 2.75) is 59.0 Å². The molecule has 1 fully saturated rings. The van der Waals surface area contributed by atoms with Gasteiger partial charge in [0.25, 0.3) is 5.91 Å². The monoisotopic (exact) mass is 290 g/mol. The van der Waals surface area contributed by atoms with E-state index in [-0.39, 0.29) is 5.91 Å². The predicted octanol–water partition coefficient (Wildman–Crippen LogP) is 2.73. The van der Waals surface area contributed by atoms with Crippen molar-refractivity contribution in [3.05, 3.63) is 23.5 Å². The molecular formula is C16H26N4O. The van der Waals surface area contributed by atoms with Crippen molar-refractivity contribution in [1.82, 2.24) is 15.4 Å². The highest BCUT2D eigenvalue weighted by Gasteiger charge is 2.27. The van der Waals surface area contributed by atoms with E-state index < -0.39 is 0 Å². The number of nitrogens with zero attached hydrogens (tertiary/aromatic N) is 2. The average molecular weight is 290 g/mol. The Morgan fingerprint density at radius 2 is 2.05 bits per heavy atom. The van der Waals surface area contributed by atoms with Crippen LogP contribution in [-0.2, 0) is 0 Å². The number of anilines is 1. The number of hydrogen-bond acceptors (Lipinski definition) is 4. The number of rotatable bonds is 4. The van der Waals surface area contributed by atoms with Crippen LogP contribution in [0.5, 0.6) is 0 Å². The van der Waals surface area contributed by atoms with E-state index in [9.17, 15) is 4.79 Å². The maximum absolute atomic E-state index is 12.6. The molecule has 2 unspecified atom stereocenters. The molecule has 0 spiro atoms. The number of hydrazine groups is 1. The molecule has 0 radical (unpaired) electrons. The number of aryl methyl sites for hydroxylation is 1. The van der Waals surface area contributed by atoms with Crippen LogP contribution in [0.4, 0.5) is 5.69 Å². The first-order valence-electron chi connectivity index (χ1n) is 7.82. The Balaban J connectivity index is 2.16. The van der Waals surface area contributed by atoms with Gasteiger partial charge in [0.05, 0.1) is 11.3 Å². The van der Waals surface area contributed by atoms with Crippen molar-refractivity contribution in [1.29, 1.82) is 0 Å². The Bertz CT molecular complexity index is 493. The van der Waals surface area contributed by atoms with E-state index in [0.29, 0.717) is 17.6 Å². The summed E-state index contributed by atoms with van der Waals surface area (Å²) < 4.78 is 0. The van der Waals surface area contributed by atoms with Crippen molar-refractivity contribution in [3.8, 4) is 0 Å². The van der Waals surface area contributed by atoms with E-state index in [1.54, 1.807) is 6.20 Å². The van der Waals surface area contributed by atoms with Crippen LogP contribution in [0.25, 0.3) is 0 Å². The largest absolute Gasteiger partial charge is 0.385 e. The number of carbonyl (C=O) groups excluding carboxylic acids is 1. The second-order valence-electron chi connectivity index (χ2n) is 5.88. The maximum atomic E-state index is 12.6. The normalized spacial score (nSPS) is 22.9. The van der Waals surface area contributed by atoms with Gasteiger partial charge in [-0.2, -0.15) is 0 Å². The van der Waals surface area contributed by atoms with E-state index in [2.05, 4.69) is 34.6 Å². The van der Waals surface area contributed by atoms with E-state index in [1.807, 2.05) is 19.9 Å². The zero-order valence-corrected chi connectivity index (χ0v) is 13.4. The van der Waals surface area contributed by atoms with Crippen molar-refractivity contribution in [2.24, 2.45) is 0 Å². The van der Waals surface area contributed by atoms with Gasteiger partial charge in [-0.1, -0.05) is 6.42 Å². The average Bonchev–Trinajstić information content (AvgIpc) is 2.43. The smallest absolute Gasteiger partial charge is 0.269 e. The van der Waals surface area contributed by atoms with E-state index in [1.165, 1.54) is 6.42 Å². The second-order valence-corrected chi connectivity index (χ2v) is 5.88. The number of piperidine rings is 1.